The van der Waals surface area contributed by atoms with Crippen molar-refractivity contribution in [2.24, 2.45) is 4.40 Å². The summed E-state index contributed by atoms with van der Waals surface area (Å²) in [5, 5.41) is 0. The molecule has 0 unspecified atom stereocenters. The Bertz CT molecular complexity index is 619. The van der Waals surface area contributed by atoms with E-state index in [1.807, 2.05) is 0 Å². The van der Waals surface area contributed by atoms with Crippen molar-refractivity contribution in [1.29, 1.82) is 0 Å². The van der Waals surface area contributed by atoms with E-state index >= 15 is 0 Å². The molecule has 1 rings (SSSR count). The molecule has 0 spiro atoms. The predicted molar refractivity (Wildman–Crippen MR) is 65.4 cm³/mol. The van der Waals surface area contributed by atoms with Gasteiger partial charge < -0.3 is 4.74 Å². The monoisotopic (exact) mass is 333 g/mol. The molecule has 1 aromatic carbocycles. The van der Waals surface area contributed by atoms with Crippen LogP contribution in [0.3, 0.4) is 0 Å². The molecule has 0 fully saturated rings. The van der Waals surface area contributed by atoms with Gasteiger partial charge in [0.1, 0.15) is 4.90 Å². The van der Waals surface area contributed by atoms with Crippen LogP contribution in [0, 0.1) is 0 Å². The predicted octanol–water partition coefficient (Wildman–Crippen LogP) is 1.65. The number of ether oxygens (including phenoxy) is 1. The van der Waals surface area contributed by atoms with E-state index < -0.39 is 20.9 Å². The lowest BCUT2D eigenvalue weighted by atomic mass is 10.2. The van der Waals surface area contributed by atoms with E-state index in [1.165, 1.54) is 18.2 Å². The lowest BCUT2D eigenvalue weighted by molar-refractivity contribution is 0.0521. The molecule has 0 aromatic heterocycles. The molecule has 0 heterocycles. The fraction of sp³-hybridized carbons (Fsp3) is 0.200. The summed E-state index contributed by atoms with van der Waals surface area (Å²) in [7, 11) is -4.28. The molecule has 0 atom stereocenters. The van der Waals surface area contributed by atoms with Crippen LogP contribution in [0.15, 0.2) is 32.0 Å². The van der Waals surface area contributed by atoms with Crippen molar-refractivity contribution < 1.29 is 22.7 Å². The number of nitrogens with zero attached hydrogens (tertiary/aromatic N) is 1. The normalized spacial score (nSPS) is 10.6. The van der Waals surface area contributed by atoms with Gasteiger partial charge in [-0.15, -0.1) is 0 Å². The van der Waals surface area contributed by atoms with Gasteiger partial charge in [0.2, 0.25) is 0 Å². The molecule has 0 N–H and O–H groups in total. The van der Waals surface area contributed by atoms with Crippen molar-refractivity contribution in [2.45, 2.75) is 11.8 Å². The van der Waals surface area contributed by atoms with Crippen molar-refractivity contribution in [1.82, 2.24) is 0 Å². The zero-order valence-corrected chi connectivity index (χ0v) is 11.6. The van der Waals surface area contributed by atoms with Gasteiger partial charge in [0.15, 0.2) is 0 Å². The number of benzene rings is 1. The Morgan fingerprint density at radius 1 is 1.50 bits per heavy atom. The molecule has 0 bridgehead atoms. The smallest absolute Gasteiger partial charge is 0.339 e. The lowest BCUT2D eigenvalue weighted by Gasteiger charge is -2.07. The van der Waals surface area contributed by atoms with E-state index in [-0.39, 0.29) is 16.6 Å². The van der Waals surface area contributed by atoms with E-state index in [0.717, 1.165) is 6.08 Å². The van der Waals surface area contributed by atoms with Gasteiger partial charge in [-0.25, -0.2) is 9.59 Å². The van der Waals surface area contributed by atoms with Gasteiger partial charge in [0.05, 0.1) is 12.2 Å². The molecule has 0 saturated heterocycles. The fourth-order valence-electron chi connectivity index (χ4n) is 1.24. The summed E-state index contributed by atoms with van der Waals surface area (Å²) in [5.74, 6) is -0.807. The Labute approximate surface area is 112 Å². The van der Waals surface area contributed by atoms with Gasteiger partial charge >= 0.3 is 5.97 Å². The zero-order valence-electron chi connectivity index (χ0n) is 9.21. The summed E-state index contributed by atoms with van der Waals surface area (Å²) in [6.45, 7) is 1.69. The maximum Gasteiger partial charge on any atom is 0.339 e. The van der Waals surface area contributed by atoms with Crippen molar-refractivity contribution in [3.63, 3.8) is 0 Å². The van der Waals surface area contributed by atoms with Crippen molar-refractivity contribution in [3.8, 4) is 0 Å². The van der Waals surface area contributed by atoms with Gasteiger partial charge in [0, 0.05) is 4.47 Å². The van der Waals surface area contributed by atoms with Crippen LogP contribution in [-0.4, -0.2) is 27.1 Å². The van der Waals surface area contributed by atoms with Gasteiger partial charge in [-0.1, -0.05) is 10.5 Å². The van der Waals surface area contributed by atoms with Crippen molar-refractivity contribution >= 4 is 38.0 Å². The number of isocyanates is 1. The second-order valence-corrected chi connectivity index (χ2v) is 5.39. The molecule has 0 amide bonds. The van der Waals surface area contributed by atoms with Gasteiger partial charge in [-0.05, 0) is 35.0 Å². The second-order valence-electron chi connectivity index (χ2n) is 2.99. The average Bonchev–Trinajstić information content (AvgIpc) is 2.28. The number of carbonyl (C=O) groups is 1. The van der Waals surface area contributed by atoms with Crippen LogP contribution in [0.25, 0.3) is 0 Å². The van der Waals surface area contributed by atoms with E-state index in [1.54, 1.807) is 6.92 Å². The first kappa shape index (κ1) is 14.6. The zero-order chi connectivity index (χ0) is 13.8. The fourth-order valence-corrected chi connectivity index (χ4v) is 3.15. The first-order chi connectivity index (χ1) is 8.44. The highest BCUT2D eigenvalue weighted by molar-refractivity contribution is 9.10. The summed E-state index contributed by atoms with van der Waals surface area (Å²) in [6, 6.07) is 4.16. The number of halogens is 1. The Balaban J connectivity index is 3.52. The minimum atomic E-state index is -4.28. The standard InChI is InChI=1S/C10H8BrNO5S/c1-2-17-10(14)7-4-3-5-8(11)9(7)18(15,16)12-6-13/h3-5H,2H2,1H3. The average molecular weight is 334 g/mol. The van der Waals surface area contributed by atoms with Crippen LogP contribution in [0.4, 0.5) is 0 Å². The minimum Gasteiger partial charge on any atom is -0.462 e. The van der Waals surface area contributed by atoms with Crippen LogP contribution in [0.5, 0.6) is 0 Å². The van der Waals surface area contributed by atoms with E-state index in [4.69, 9.17) is 4.74 Å². The van der Waals surface area contributed by atoms with Crippen LogP contribution in [-0.2, 0) is 19.6 Å². The number of rotatable bonds is 4. The molecule has 1 aromatic rings. The largest absolute Gasteiger partial charge is 0.462 e. The molecular weight excluding hydrogens is 326 g/mol. The summed E-state index contributed by atoms with van der Waals surface area (Å²) in [6.07, 6.45) is 0.946. The molecule has 18 heavy (non-hydrogen) atoms. The number of esters is 1. The summed E-state index contributed by atoms with van der Waals surface area (Å²) in [5.41, 5.74) is -0.190. The molecule has 0 aliphatic heterocycles. The highest BCUT2D eigenvalue weighted by atomic mass is 79.9. The molecule has 8 heteroatoms. The minimum absolute atomic E-state index is 0.0990. The molecule has 0 aliphatic rings. The third kappa shape index (κ3) is 3.04. The van der Waals surface area contributed by atoms with Crippen molar-refractivity contribution in [3.05, 3.63) is 28.2 Å². The SMILES string of the molecule is CCOC(=O)c1cccc(Br)c1S(=O)(=O)N=C=O. The summed E-state index contributed by atoms with van der Waals surface area (Å²) >= 11 is 3.00. The van der Waals surface area contributed by atoms with Crippen molar-refractivity contribution in [2.75, 3.05) is 6.61 Å². The maximum atomic E-state index is 11.7. The Kier molecular flexibility index (Phi) is 4.77. The first-order valence-electron chi connectivity index (χ1n) is 4.73. The molecule has 0 saturated carbocycles. The maximum absolute atomic E-state index is 11.7. The molecule has 96 valence electrons. The highest BCUT2D eigenvalue weighted by Gasteiger charge is 2.25. The van der Waals surface area contributed by atoms with E-state index in [2.05, 4.69) is 20.3 Å². The molecular formula is C10H8BrNO5S. The summed E-state index contributed by atoms with van der Waals surface area (Å²) < 4.78 is 31.0. The lowest BCUT2D eigenvalue weighted by Crippen LogP contribution is -2.11. The van der Waals surface area contributed by atoms with Crippen LogP contribution in [0.2, 0.25) is 0 Å². The number of hydrogen-bond donors (Lipinski definition) is 0. The van der Waals surface area contributed by atoms with Gasteiger partial charge in [0.25, 0.3) is 16.1 Å². The molecule has 0 aliphatic carbocycles. The highest BCUT2D eigenvalue weighted by Crippen LogP contribution is 2.27. The molecule has 0 radical (unpaired) electrons. The number of hydrogen-bond acceptors (Lipinski definition) is 5. The Morgan fingerprint density at radius 2 is 2.17 bits per heavy atom. The van der Waals surface area contributed by atoms with Crippen LogP contribution >= 0.6 is 15.9 Å². The van der Waals surface area contributed by atoms with E-state index in [0.29, 0.717) is 0 Å². The third-order valence-electron chi connectivity index (χ3n) is 1.88. The summed E-state index contributed by atoms with van der Waals surface area (Å²) in [4.78, 5) is 21.3. The quantitative estimate of drug-likeness (QED) is 0.474. The number of sulfonamides is 1. The Morgan fingerprint density at radius 3 is 2.72 bits per heavy atom. The Hall–Kier alpha value is -1.50. The topological polar surface area (TPSA) is 89.9 Å². The van der Waals surface area contributed by atoms with Gasteiger partial charge in [-0.2, -0.15) is 8.42 Å². The second kappa shape index (κ2) is 5.90. The van der Waals surface area contributed by atoms with Crippen LogP contribution in [0.1, 0.15) is 17.3 Å². The van der Waals surface area contributed by atoms with Crippen LogP contribution < -0.4 is 0 Å². The number of carbonyl (C=O) groups excluding carboxylic acids is 2. The molecule has 6 nitrogen and oxygen atoms in total. The van der Waals surface area contributed by atoms with E-state index in [9.17, 15) is 18.0 Å². The van der Waals surface area contributed by atoms with Gasteiger partial charge in [-0.3, -0.25) is 0 Å². The first-order valence-corrected chi connectivity index (χ1v) is 6.97. The third-order valence-corrected chi connectivity index (χ3v) is 4.07.